The second-order valence-corrected chi connectivity index (χ2v) is 6.51. The van der Waals surface area contributed by atoms with E-state index in [0.29, 0.717) is 18.0 Å². The third kappa shape index (κ3) is 2.29. The molecule has 0 atom stereocenters. The van der Waals surface area contributed by atoms with Crippen molar-refractivity contribution in [3.63, 3.8) is 0 Å². The second-order valence-electron chi connectivity index (χ2n) is 4.49. The van der Waals surface area contributed by atoms with Crippen molar-refractivity contribution in [2.75, 3.05) is 11.6 Å². The molecule has 0 spiro atoms. The van der Waals surface area contributed by atoms with Crippen LogP contribution in [0.3, 0.4) is 0 Å². The molecule has 1 aliphatic heterocycles. The number of fused-ring (bicyclic) bond motifs is 2. The van der Waals surface area contributed by atoms with Crippen molar-refractivity contribution in [1.29, 1.82) is 0 Å². The molecule has 5 heteroatoms. The van der Waals surface area contributed by atoms with Gasteiger partial charge in [0.05, 0.1) is 10.6 Å². The Bertz CT molecular complexity index is 738. The number of rotatable bonds is 1. The standard InChI is InChI=1S/C14H13NO3S/c1-19(16,17)11-6-7-14-12(8-11)15-9-10-4-2-3-5-13(10)18-14/h2-8,15H,9H2,1H3. The maximum Gasteiger partial charge on any atom is 0.175 e. The summed E-state index contributed by atoms with van der Waals surface area (Å²) in [7, 11) is -3.21. The maximum atomic E-state index is 11.6. The van der Waals surface area contributed by atoms with E-state index in [1.54, 1.807) is 18.2 Å². The van der Waals surface area contributed by atoms with Crippen LogP contribution in [0.15, 0.2) is 47.4 Å². The Morgan fingerprint density at radius 1 is 1.11 bits per heavy atom. The maximum absolute atomic E-state index is 11.6. The number of hydrogen-bond donors (Lipinski definition) is 1. The number of para-hydroxylation sites is 1. The summed E-state index contributed by atoms with van der Waals surface area (Å²) in [5.74, 6) is 1.43. The molecule has 1 N–H and O–H groups in total. The zero-order valence-corrected chi connectivity index (χ0v) is 11.2. The molecule has 0 amide bonds. The van der Waals surface area contributed by atoms with E-state index in [1.165, 1.54) is 6.26 Å². The van der Waals surface area contributed by atoms with Crippen molar-refractivity contribution in [3.05, 3.63) is 48.0 Å². The van der Waals surface area contributed by atoms with Crippen LogP contribution in [0.5, 0.6) is 11.5 Å². The van der Waals surface area contributed by atoms with Crippen LogP contribution in [0.4, 0.5) is 5.69 Å². The first-order valence-corrected chi connectivity index (χ1v) is 7.77. The highest BCUT2D eigenvalue weighted by atomic mass is 32.2. The third-order valence-electron chi connectivity index (χ3n) is 3.04. The average Bonchev–Trinajstić information content (AvgIpc) is 2.55. The van der Waals surface area contributed by atoms with E-state index < -0.39 is 9.84 Å². The molecule has 19 heavy (non-hydrogen) atoms. The van der Waals surface area contributed by atoms with Gasteiger partial charge in [-0.05, 0) is 24.3 Å². The van der Waals surface area contributed by atoms with E-state index in [-0.39, 0.29) is 4.90 Å². The Kier molecular flexibility index (Phi) is 2.71. The van der Waals surface area contributed by atoms with Crippen LogP contribution >= 0.6 is 0 Å². The molecule has 1 aliphatic rings. The summed E-state index contributed by atoms with van der Waals surface area (Å²) < 4.78 is 28.9. The number of sulfone groups is 1. The topological polar surface area (TPSA) is 55.4 Å². The van der Waals surface area contributed by atoms with E-state index in [9.17, 15) is 8.42 Å². The monoisotopic (exact) mass is 275 g/mol. The fraction of sp³-hybridized carbons (Fsp3) is 0.143. The lowest BCUT2D eigenvalue weighted by Gasteiger charge is -2.09. The first-order valence-electron chi connectivity index (χ1n) is 5.88. The van der Waals surface area contributed by atoms with Gasteiger partial charge >= 0.3 is 0 Å². The average molecular weight is 275 g/mol. The molecule has 0 saturated heterocycles. The predicted octanol–water partition coefficient (Wildman–Crippen LogP) is 2.81. The Labute approximate surface area is 112 Å². The molecule has 0 bridgehead atoms. The van der Waals surface area contributed by atoms with Crippen LogP contribution in [0, 0.1) is 0 Å². The summed E-state index contributed by atoms with van der Waals surface area (Å²) in [4.78, 5) is 0.285. The first-order chi connectivity index (χ1) is 9.04. The minimum Gasteiger partial charge on any atom is -0.455 e. The zero-order valence-electron chi connectivity index (χ0n) is 10.4. The van der Waals surface area contributed by atoms with E-state index in [0.717, 1.165) is 11.3 Å². The van der Waals surface area contributed by atoms with Crippen LogP contribution < -0.4 is 10.1 Å². The molecule has 4 nitrogen and oxygen atoms in total. The zero-order chi connectivity index (χ0) is 13.5. The van der Waals surface area contributed by atoms with Crippen molar-refractivity contribution in [1.82, 2.24) is 0 Å². The summed E-state index contributed by atoms with van der Waals surface area (Å²) in [5.41, 5.74) is 1.73. The van der Waals surface area contributed by atoms with Gasteiger partial charge in [0, 0.05) is 18.4 Å². The van der Waals surface area contributed by atoms with Crippen LogP contribution in [-0.2, 0) is 16.4 Å². The van der Waals surface area contributed by atoms with Gasteiger partial charge in [0.2, 0.25) is 0 Å². The highest BCUT2D eigenvalue weighted by Crippen LogP contribution is 2.36. The molecular weight excluding hydrogens is 262 g/mol. The molecule has 3 rings (SSSR count). The third-order valence-corrected chi connectivity index (χ3v) is 4.15. The van der Waals surface area contributed by atoms with Crippen LogP contribution in [0.1, 0.15) is 5.56 Å². The van der Waals surface area contributed by atoms with Gasteiger partial charge in [0.1, 0.15) is 5.75 Å². The number of ether oxygens (including phenoxy) is 1. The smallest absolute Gasteiger partial charge is 0.175 e. The molecule has 0 radical (unpaired) electrons. The number of nitrogens with one attached hydrogen (secondary N) is 1. The first kappa shape index (κ1) is 12.0. The summed E-state index contributed by atoms with van der Waals surface area (Å²) in [6, 6.07) is 12.6. The molecule has 0 unspecified atom stereocenters. The fourth-order valence-electron chi connectivity index (χ4n) is 2.03. The molecule has 2 aromatic rings. The molecule has 98 valence electrons. The lowest BCUT2D eigenvalue weighted by molar-refractivity contribution is 0.483. The van der Waals surface area contributed by atoms with Crippen LogP contribution in [-0.4, -0.2) is 14.7 Å². The molecule has 0 aromatic heterocycles. The van der Waals surface area contributed by atoms with E-state index in [4.69, 9.17) is 4.74 Å². The normalized spacial score (nSPS) is 13.5. The van der Waals surface area contributed by atoms with Gasteiger partial charge in [-0.1, -0.05) is 18.2 Å². The Hall–Kier alpha value is -2.01. The Morgan fingerprint density at radius 3 is 2.68 bits per heavy atom. The molecule has 2 aromatic carbocycles. The van der Waals surface area contributed by atoms with Crippen molar-refractivity contribution in [2.24, 2.45) is 0 Å². The summed E-state index contributed by atoms with van der Waals surface area (Å²) in [6.07, 6.45) is 1.20. The van der Waals surface area contributed by atoms with Gasteiger partial charge in [0.15, 0.2) is 15.6 Å². The highest BCUT2D eigenvalue weighted by molar-refractivity contribution is 7.90. The largest absolute Gasteiger partial charge is 0.455 e. The van der Waals surface area contributed by atoms with Gasteiger partial charge < -0.3 is 10.1 Å². The summed E-state index contributed by atoms with van der Waals surface area (Å²) in [6.45, 7) is 0.608. The van der Waals surface area contributed by atoms with Gasteiger partial charge in [-0.3, -0.25) is 0 Å². The lowest BCUT2D eigenvalue weighted by atomic mass is 10.2. The Morgan fingerprint density at radius 2 is 1.89 bits per heavy atom. The Balaban J connectivity index is 2.07. The van der Waals surface area contributed by atoms with Gasteiger partial charge in [-0.15, -0.1) is 0 Å². The molecule has 0 fully saturated rings. The predicted molar refractivity (Wildman–Crippen MR) is 73.4 cm³/mol. The number of hydrogen-bond acceptors (Lipinski definition) is 4. The minimum atomic E-state index is -3.21. The van der Waals surface area contributed by atoms with Gasteiger partial charge in [-0.2, -0.15) is 0 Å². The summed E-state index contributed by atoms with van der Waals surface area (Å²) in [5, 5.41) is 3.20. The molecule has 0 aliphatic carbocycles. The van der Waals surface area contributed by atoms with E-state index in [1.807, 2.05) is 24.3 Å². The summed E-state index contributed by atoms with van der Waals surface area (Å²) >= 11 is 0. The van der Waals surface area contributed by atoms with Crippen LogP contribution in [0.2, 0.25) is 0 Å². The van der Waals surface area contributed by atoms with E-state index in [2.05, 4.69) is 5.32 Å². The van der Waals surface area contributed by atoms with Gasteiger partial charge in [0.25, 0.3) is 0 Å². The SMILES string of the molecule is CS(=O)(=O)c1ccc2c(c1)NCc1ccccc1O2. The lowest BCUT2D eigenvalue weighted by Crippen LogP contribution is -2.00. The molecular formula is C14H13NO3S. The number of benzene rings is 2. The number of anilines is 1. The van der Waals surface area contributed by atoms with Crippen LogP contribution in [0.25, 0.3) is 0 Å². The molecule has 0 saturated carbocycles. The minimum absolute atomic E-state index is 0.285. The van der Waals surface area contributed by atoms with Crippen molar-refractivity contribution >= 4 is 15.5 Å². The second kappa shape index (κ2) is 4.28. The van der Waals surface area contributed by atoms with Crippen molar-refractivity contribution < 1.29 is 13.2 Å². The van der Waals surface area contributed by atoms with E-state index >= 15 is 0 Å². The quantitative estimate of drug-likeness (QED) is 0.869. The fourth-order valence-corrected chi connectivity index (χ4v) is 2.67. The van der Waals surface area contributed by atoms with Crippen molar-refractivity contribution in [2.45, 2.75) is 11.4 Å². The molecule has 1 heterocycles. The van der Waals surface area contributed by atoms with Gasteiger partial charge in [-0.25, -0.2) is 8.42 Å². The highest BCUT2D eigenvalue weighted by Gasteiger charge is 2.16. The van der Waals surface area contributed by atoms with Crippen molar-refractivity contribution in [3.8, 4) is 11.5 Å².